The van der Waals surface area contributed by atoms with Crippen molar-refractivity contribution in [3.05, 3.63) is 71.9 Å². The van der Waals surface area contributed by atoms with Crippen LogP contribution in [0, 0.1) is 12.3 Å². The van der Waals surface area contributed by atoms with Crippen molar-refractivity contribution in [2.24, 2.45) is 0 Å². The van der Waals surface area contributed by atoms with Gasteiger partial charge in [-0.15, -0.1) is 0 Å². The van der Waals surface area contributed by atoms with Crippen LogP contribution in [-0.2, 0) is 0 Å². The summed E-state index contributed by atoms with van der Waals surface area (Å²) in [6, 6.07) is 18.4. The number of hydrogen-bond acceptors (Lipinski definition) is 3. The summed E-state index contributed by atoms with van der Waals surface area (Å²) in [5.41, 5.74) is 4.10. The molecule has 2 N–H and O–H groups in total. The van der Waals surface area contributed by atoms with Crippen molar-refractivity contribution < 1.29 is 0 Å². The van der Waals surface area contributed by atoms with Crippen molar-refractivity contribution in [3.8, 4) is 0 Å². The molecule has 4 rings (SSSR count). The third-order valence-electron chi connectivity index (χ3n) is 4.11. The minimum atomic E-state index is 0.463. The van der Waals surface area contributed by atoms with Crippen molar-refractivity contribution in [1.82, 2.24) is 10.2 Å². The topological polar surface area (TPSA) is 59.0 Å². The molecule has 2 aromatic carbocycles. The van der Waals surface area contributed by atoms with Crippen LogP contribution in [0.5, 0.6) is 0 Å². The van der Waals surface area contributed by atoms with Crippen LogP contribution in [0.3, 0.4) is 0 Å². The highest BCUT2D eigenvalue weighted by Crippen LogP contribution is 2.33. The van der Waals surface area contributed by atoms with Gasteiger partial charge in [0.15, 0.2) is 0 Å². The lowest BCUT2D eigenvalue weighted by molar-refractivity contribution is 0.893. The fraction of sp³-hybridized carbons (Fsp3) is 0.111. The van der Waals surface area contributed by atoms with E-state index in [2.05, 4.69) is 58.4 Å². The second kappa shape index (κ2) is 5.28. The number of rotatable bonds is 2. The number of aromatic nitrogens is 2. The number of aryl methyl sites for hydroxylation is 1. The first-order valence-corrected chi connectivity index (χ1v) is 7.53. The van der Waals surface area contributed by atoms with Crippen molar-refractivity contribution in [1.29, 1.82) is 5.41 Å². The van der Waals surface area contributed by atoms with E-state index in [1.165, 1.54) is 5.56 Å². The SMILES string of the molecule is Cc1ccc(N2CN(c3ccccc3)c3[nH]ncc3C2=N)cc1. The molecule has 0 radical (unpaired) electrons. The lowest BCUT2D eigenvalue weighted by Gasteiger charge is -2.37. The molecule has 1 aromatic heterocycles. The average molecular weight is 303 g/mol. The van der Waals surface area contributed by atoms with E-state index in [-0.39, 0.29) is 0 Å². The number of nitrogens with one attached hydrogen (secondary N) is 2. The Hall–Kier alpha value is -3.08. The van der Waals surface area contributed by atoms with E-state index in [9.17, 15) is 0 Å². The zero-order chi connectivity index (χ0) is 15.8. The van der Waals surface area contributed by atoms with Gasteiger partial charge >= 0.3 is 0 Å². The van der Waals surface area contributed by atoms with Crippen LogP contribution in [0.2, 0.25) is 0 Å². The Labute approximate surface area is 134 Å². The van der Waals surface area contributed by atoms with Crippen LogP contribution in [0.4, 0.5) is 17.2 Å². The van der Waals surface area contributed by atoms with Crippen molar-refractivity contribution in [2.75, 3.05) is 16.5 Å². The molecule has 3 aromatic rings. The summed E-state index contributed by atoms with van der Waals surface area (Å²) in [4.78, 5) is 4.13. The van der Waals surface area contributed by atoms with E-state index >= 15 is 0 Å². The molecular formula is C18H17N5. The third-order valence-corrected chi connectivity index (χ3v) is 4.11. The van der Waals surface area contributed by atoms with Crippen LogP contribution >= 0.6 is 0 Å². The number of anilines is 3. The Balaban J connectivity index is 1.79. The number of benzene rings is 2. The van der Waals surface area contributed by atoms with Gasteiger partial charge in [-0.3, -0.25) is 10.5 Å². The van der Waals surface area contributed by atoms with Gasteiger partial charge in [0.05, 0.1) is 11.8 Å². The van der Waals surface area contributed by atoms with Gasteiger partial charge in [-0.1, -0.05) is 35.9 Å². The molecule has 0 unspecified atom stereocenters. The molecule has 5 nitrogen and oxygen atoms in total. The smallest absolute Gasteiger partial charge is 0.141 e. The largest absolute Gasteiger partial charge is 0.308 e. The summed E-state index contributed by atoms with van der Waals surface area (Å²) >= 11 is 0. The van der Waals surface area contributed by atoms with Crippen LogP contribution in [0.1, 0.15) is 11.1 Å². The number of H-pyrrole nitrogens is 1. The molecule has 0 bridgehead atoms. The van der Waals surface area contributed by atoms with Gasteiger partial charge in [-0.25, -0.2) is 0 Å². The van der Waals surface area contributed by atoms with E-state index < -0.39 is 0 Å². The van der Waals surface area contributed by atoms with Crippen molar-refractivity contribution in [2.45, 2.75) is 6.92 Å². The Morgan fingerprint density at radius 3 is 2.39 bits per heavy atom. The molecule has 0 atom stereocenters. The zero-order valence-electron chi connectivity index (χ0n) is 12.8. The van der Waals surface area contributed by atoms with Gasteiger partial charge < -0.3 is 9.80 Å². The molecule has 0 aliphatic carbocycles. The molecule has 0 saturated carbocycles. The van der Waals surface area contributed by atoms with Crippen LogP contribution < -0.4 is 9.80 Å². The maximum atomic E-state index is 8.53. The lowest BCUT2D eigenvalue weighted by Crippen LogP contribution is -2.44. The van der Waals surface area contributed by atoms with Gasteiger partial charge in [-0.05, 0) is 31.2 Å². The van der Waals surface area contributed by atoms with Gasteiger partial charge in [-0.2, -0.15) is 5.10 Å². The molecule has 2 heterocycles. The monoisotopic (exact) mass is 303 g/mol. The summed E-state index contributed by atoms with van der Waals surface area (Å²) in [6.07, 6.45) is 1.72. The predicted octanol–water partition coefficient (Wildman–Crippen LogP) is 3.66. The van der Waals surface area contributed by atoms with E-state index in [0.717, 1.165) is 22.8 Å². The molecule has 0 saturated heterocycles. The quantitative estimate of drug-likeness (QED) is 0.759. The second-order valence-corrected chi connectivity index (χ2v) is 5.65. The number of fused-ring (bicyclic) bond motifs is 1. The molecule has 0 fully saturated rings. The summed E-state index contributed by atoms with van der Waals surface area (Å²) in [7, 11) is 0. The van der Waals surface area contributed by atoms with Crippen molar-refractivity contribution in [3.63, 3.8) is 0 Å². The van der Waals surface area contributed by atoms with Crippen LogP contribution in [0.25, 0.3) is 0 Å². The normalized spacial score (nSPS) is 14.0. The lowest BCUT2D eigenvalue weighted by atomic mass is 10.1. The number of nitrogens with zero attached hydrogens (tertiary/aromatic N) is 3. The van der Waals surface area contributed by atoms with Gasteiger partial charge in [0.25, 0.3) is 0 Å². The fourth-order valence-electron chi connectivity index (χ4n) is 2.84. The first kappa shape index (κ1) is 13.6. The highest BCUT2D eigenvalue weighted by atomic mass is 15.4. The van der Waals surface area contributed by atoms with E-state index in [1.807, 2.05) is 23.1 Å². The van der Waals surface area contributed by atoms with Gasteiger partial charge in [0.1, 0.15) is 18.3 Å². The van der Waals surface area contributed by atoms with Crippen LogP contribution in [0.15, 0.2) is 60.8 Å². The highest BCUT2D eigenvalue weighted by Gasteiger charge is 2.30. The Morgan fingerprint density at radius 2 is 1.65 bits per heavy atom. The standard InChI is InChI=1S/C18H17N5/c1-13-7-9-15(10-8-13)22-12-23(14-5-3-2-4-6-14)18-16(17(22)19)11-20-21-18/h2-11,19H,12H2,1H3,(H,20,21). The molecule has 1 aliphatic heterocycles. The maximum Gasteiger partial charge on any atom is 0.141 e. The fourth-order valence-corrected chi connectivity index (χ4v) is 2.84. The number of para-hydroxylation sites is 1. The molecular weight excluding hydrogens is 286 g/mol. The molecule has 1 aliphatic rings. The zero-order valence-corrected chi connectivity index (χ0v) is 12.8. The maximum absolute atomic E-state index is 8.53. The second-order valence-electron chi connectivity index (χ2n) is 5.65. The Morgan fingerprint density at radius 1 is 0.957 bits per heavy atom. The minimum absolute atomic E-state index is 0.463. The van der Waals surface area contributed by atoms with Crippen molar-refractivity contribution >= 4 is 23.0 Å². The first-order chi connectivity index (χ1) is 11.2. The average Bonchev–Trinajstić information content (AvgIpc) is 3.07. The van der Waals surface area contributed by atoms with Crippen LogP contribution in [-0.4, -0.2) is 22.7 Å². The predicted molar refractivity (Wildman–Crippen MR) is 92.5 cm³/mol. The number of aromatic amines is 1. The number of amidine groups is 1. The van der Waals surface area contributed by atoms with E-state index in [0.29, 0.717) is 12.5 Å². The molecule has 0 spiro atoms. The summed E-state index contributed by atoms with van der Waals surface area (Å²) in [5, 5.41) is 15.7. The molecule has 5 heteroatoms. The minimum Gasteiger partial charge on any atom is -0.308 e. The molecule has 23 heavy (non-hydrogen) atoms. The summed E-state index contributed by atoms with van der Waals surface area (Å²) in [6.45, 7) is 2.64. The van der Waals surface area contributed by atoms with E-state index in [1.54, 1.807) is 6.20 Å². The van der Waals surface area contributed by atoms with E-state index in [4.69, 9.17) is 5.41 Å². The molecule has 0 amide bonds. The third kappa shape index (κ3) is 2.26. The van der Waals surface area contributed by atoms with Gasteiger partial charge in [0.2, 0.25) is 0 Å². The summed E-state index contributed by atoms with van der Waals surface area (Å²) in [5.74, 6) is 1.33. The Bertz CT molecular complexity index is 835. The summed E-state index contributed by atoms with van der Waals surface area (Å²) < 4.78 is 0. The number of hydrogen-bond donors (Lipinski definition) is 2. The first-order valence-electron chi connectivity index (χ1n) is 7.53. The Kier molecular flexibility index (Phi) is 3.12. The molecule has 114 valence electrons. The highest BCUT2D eigenvalue weighted by molar-refractivity contribution is 6.13. The van der Waals surface area contributed by atoms with Gasteiger partial charge in [0, 0.05) is 11.4 Å².